The van der Waals surface area contributed by atoms with Gasteiger partial charge in [-0.1, -0.05) is 37.6 Å². The highest BCUT2D eigenvalue weighted by Crippen LogP contribution is 2.39. The largest absolute Gasteiger partial charge is 0.493 e. The van der Waals surface area contributed by atoms with Crippen LogP contribution < -0.4 is 0 Å². The second-order valence-corrected chi connectivity index (χ2v) is 6.12. The number of fused-ring (bicyclic) bond motifs is 1. The molecule has 0 unspecified atom stereocenters. The van der Waals surface area contributed by atoms with Crippen molar-refractivity contribution in [3.05, 3.63) is 46.7 Å². The number of rotatable bonds is 5. The molecule has 0 aliphatic rings. The van der Waals surface area contributed by atoms with E-state index in [9.17, 15) is 9.90 Å². The van der Waals surface area contributed by atoms with Crippen molar-refractivity contribution >= 4 is 33.8 Å². The Morgan fingerprint density at radius 2 is 2.09 bits per heavy atom. The number of amides is 1. The van der Waals surface area contributed by atoms with Gasteiger partial charge in [0.05, 0.1) is 10.4 Å². The van der Waals surface area contributed by atoms with E-state index in [0.717, 1.165) is 23.7 Å². The van der Waals surface area contributed by atoms with Crippen LogP contribution in [0.2, 0.25) is 0 Å². The SMILES string of the molecule is CCCCn1c(O)c(N=NC(=O)c2cccs2)c2ccccc21. The number of azo groups is 1. The Morgan fingerprint density at radius 3 is 2.83 bits per heavy atom. The van der Waals surface area contributed by atoms with Crippen LogP contribution in [0, 0.1) is 0 Å². The molecule has 3 aromatic rings. The van der Waals surface area contributed by atoms with Gasteiger partial charge in [-0.05, 0) is 23.9 Å². The fourth-order valence-electron chi connectivity index (χ4n) is 2.46. The van der Waals surface area contributed by atoms with Crippen LogP contribution in [0.4, 0.5) is 5.69 Å². The number of hydrogen-bond donors (Lipinski definition) is 1. The van der Waals surface area contributed by atoms with Crippen LogP contribution in [-0.2, 0) is 6.54 Å². The lowest BCUT2D eigenvalue weighted by Gasteiger charge is -2.05. The van der Waals surface area contributed by atoms with Crippen molar-refractivity contribution in [2.75, 3.05) is 0 Å². The molecule has 0 saturated carbocycles. The zero-order valence-corrected chi connectivity index (χ0v) is 13.6. The average molecular weight is 327 g/mol. The summed E-state index contributed by atoms with van der Waals surface area (Å²) in [7, 11) is 0. The Hall–Kier alpha value is -2.47. The maximum atomic E-state index is 12.0. The van der Waals surface area contributed by atoms with Crippen molar-refractivity contribution in [1.29, 1.82) is 0 Å². The van der Waals surface area contributed by atoms with Gasteiger partial charge in [-0.15, -0.1) is 21.6 Å². The fraction of sp³-hybridized carbons (Fsp3) is 0.235. The zero-order chi connectivity index (χ0) is 16.2. The summed E-state index contributed by atoms with van der Waals surface area (Å²) < 4.78 is 1.82. The number of aryl methyl sites for hydroxylation is 1. The first-order chi connectivity index (χ1) is 11.2. The molecule has 0 atom stereocenters. The Labute approximate surface area is 137 Å². The number of carbonyl (C=O) groups is 1. The van der Waals surface area contributed by atoms with Gasteiger partial charge >= 0.3 is 5.91 Å². The summed E-state index contributed by atoms with van der Waals surface area (Å²) in [5.74, 6) is -0.341. The van der Waals surface area contributed by atoms with Gasteiger partial charge in [0.2, 0.25) is 5.88 Å². The summed E-state index contributed by atoms with van der Waals surface area (Å²) in [6, 6.07) is 11.1. The average Bonchev–Trinajstić information content (AvgIpc) is 3.18. The number of hydrogen-bond acceptors (Lipinski definition) is 4. The van der Waals surface area contributed by atoms with Gasteiger partial charge in [0.25, 0.3) is 0 Å². The van der Waals surface area contributed by atoms with Crippen LogP contribution in [0.3, 0.4) is 0 Å². The van der Waals surface area contributed by atoms with Gasteiger partial charge < -0.3 is 9.67 Å². The van der Waals surface area contributed by atoms with Crippen molar-refractivity contribution in [3.63, 3.8) is 0 Å². The number of aromatic nitrogens is 1. The molecule has 6 heteroatoms. The Morgan fingerprint density at radius 1 is 1.26 bits per heavy atom. The molecule has 1 aromatic carbocycles. The first kappa shape index (κ1) is 15.4. The lowest BCUT2D eigenvalue weighted by atomic mass is 10.2. The summed E-state index contributed by atoms with van der Waals surface area (Å²) in [5.41, 5.74) is 1.25. The number of aromatic hydroxyl groups is 1. The summed E-state index contributed by atoms with van der Waals surface area (Å²) in [6.45, 7) is 2.81. The van der Waals surface area contributed by atoms with Crippen LogP contribution in [0.5, 0.6) is 5.88 Å². The molecule has 0 aliphatic carbocycles. The van der Waals surface area contributed by atoms with E-state index in [1.807, 2.05) is 34.2 Å². The van der Waals surface area contributed by atoms with E-state index in [0.29, 0.717) is 17.1 Å². The van der Waals surface area contributed by atoms with E-state index in [2.05, 4.69) is 17.2 Å². The highest BCUT2D eigenvalue weighted by Gasteiger charge is 2.16. The molecule has 1 amide bonds. The molecule has 2 aromatic heterocycles. The van der Waals surface area contributed by atoms with Crippen molar-refractivity contribution in [2.45, 2.75) is 26.3 Å². The van der Waals surface area contributed by atoms with E-state index >= 15 is 0 Å². The standard InChI is InChI=1S/C17H17N3O2S/c1-2-3-10-20-13-8-5-4-7-12(13)15(17(20)22)18-19-16(21)14-9-6-11-23-14/h4-9,11,22H,2-3,10H2,1H3. The monoisotopic (exact) mass is 327 g/mol. The van der Waals surface area contributed by atoms with E-state index in [1.54, 1.807) is 12.1 Å². The van der Waals surface area contributed by atoms with Crippen molar-refractivity contribution < 1.29 is 9.90 Å². The van der Waals surface area contributed by atoms with Crippen molar-refractivity contribution in [2.24, 2.45) is 10.2 Å². The van der Waals surface area contributed by atoms with Crippen LogP contribution in [0.1, 0.15) is 29.4 Å². The van der Waals surface area contributed by atoms with Gasteiger partial charge in [0.15, 0.2) is 5.69 Å². The lowest BCUT2D eigenvalue weighted by molar-refractivity contribution is 0.0999. The lowest BCUT2D eigenvalue weighted by Crippen LogP contribution is -1.96. The number of thiophene rings is 1. The molecule has 5 nitrogen and oxygen atoms in total. The Bertz CT molecular complexity index is 850. The van der Waals surface area contributed by atoms with Crippen LogP contribution >= 0.6 is 11.3 Å². The van der Waals surface area contributed by atoms with Crippen LogP contribution in [-0.4, -0.2) is 15.6 Å². The minimum atomic E-state index is -0.398. The third kappa shape index (κ3) is 3.03. The highest BCUT2D eigenvalue weighted by molar-refractivity contribution is 7.12. The first-order valence-corrected chi connectivity index (χ1v) is 8.40. The molecule has 23 heavy (non-hydrogen) atoms. The molecule has 1 N–H and O–H groups in total. The van der Waals surface area contributed by atoms with Crippen molar-refractivity contribution in [3.8, 4) is 5.88 Å². The van der Waals surface area contributed by atoms with E-state index < -0.39 is 5.91 Å². The summed E-state index contributed by atoms with van der Waals surface area (Å²) >= 11 is 1.32. The second-order valence-electron chi connectivity index (χ2n) is 5.18. The molecule has 0 spiro atoms. The molecule has 2 heterocycles. The molecule has 0 radical (unpaired) electrons. The van der Waals surface area contributed by atoms with Gasteiger partial charge in [-0.3, -0.25) is 4.79 Å². The third-order valence-electron chi connectivity index (χ3n) is 3.63. The third-order valence-corrected chi connectivity index (χ3v) is 4.48. The number of carbonyl (C=O) groups excluding carboxylic acids is 1. The molecular formula is C17H17N3O2S. The van der Waals surface area contributed by atoms with E-state index in [-0.39, 0.29) is 5.88 Å². The fourth-order valence-corrected chi connectivity index (χ4v) is 3.06. The number of nitrogens with zero attached hydrogens (tertiary/aromatic N) is 3. The number of unbranched alkanes of at least 4 members (excludes halogenated alkanes) is 1. The maximum Gasteiger partial charge on any atom is 0.305 e. The van der Waals surface area contributed by atoms with Crippen LogP contribution in [0.25, 0.3) is 10.9 Å². The molecule has 0 aliphatic heterocycles. The van der Waals surface area contributed by atoms with E-state index in [4.69, 9.17) is 0 Å². The zero-order valence-electron chi connectivity index (χ0n) is 12.8. The smallest absolute Gasteiger partial charge is 0.305 e. The Balaban J connectivity index is 2.00. The molecule has 0 saturated heterocycles. The maximum absolute atomic E-state index is 12.0. The molecule has 3 rings (SSSR count). The molecule has 118 valence electrons. The Kier molecular flexibility index (Phi) is 4.52. The molecular weight excluding hydrogens is 310 g/mol. The number of benzene rings is 1. The van der Waals surface area contributed by atoms with Gasteiger partial charge in [0, 0.05) is 11.9 Å². The molecule has 0 fully saturated rings. The van der Waals surface area contributed by atoms with Gasteiger partial charge in [0.1, 0.15) is 0 Å². The summed E-state index contributed by atoms with van der Waals surface area (Å²) in [6.07, 6.45) is 1.98. The topological polar surface area (TPSA) is 66.9 Å². The first-order valence-electron chi connectivity index (χ1n) is 7.52. The minimum absolute atomic E-state index is 0.0578. The quantitative estimate of drug-likeness (QED) is 0.660. The predicted molar refractivity (Wildman–Crippen MR) is 91.7 cm³/mol. The van der Waals surface area contributed by atoms with Crippen molar-refractivity contribution in [1.82, 2.24) is 4.57 Å². The molecule has 0 bridgehead atoms. The van der Waals surface area contributed by atoms with Crippen LogP contribution in [0.15, 0.2) is 52.0 Å². The van der Waals surface area contributed by atoms with Gasteiger partial charge in [-0.25, -0.2) is 0 Å². The normalized spacial score (nSPS) is 11.5. The second kappa shape index (κ2) is 6.75. The highest BCUT2D eigenvalue weighted by atomic mass is 32.1. The minimum Gasteiger partial charge on any atom is -0.493 e. The van der Waals surface area contributed by atoms with Gasteiger partial charge in [-0.2, -0.15) is 0 Å². The predicted octanol–water partition coefficient (Wildman–Crippen LogP) is 5.13. The summed E-state index contributed by atoms with van der Waals surface area (Å²) in [5, 5.41) is 20.9. The number of para-hydroxylation sites is 1. The summed E-state index contributed by atoms with van der Waals surface area (Å²) in [4.78, 5) is 12.5. The van der Waals surface area contributed by atoms with E-state index in [1.165, 1.54) is 11.3 Å².